The number of nitrogens with zero attached hydrogens (tertiary/aromatic N) is 3. The molecule has 1 heterocycles. The molecule has 32 heavy (non-hydrogen) atoms. The maximum Gasteiger partial charge on any atom is 0.271 e. The number of carbonyl (C=O) groups excluding carboxylic acids is 1. The van der Waals surface area contributed by atoms with Gasteiger partial charge in [0.25, 0.3) is 11.6 Å². The van der Waals surface area contributed by atoms with Crippen molar-refractivity contribution >= 4 is 74.1 Å². The molecule has 11 heteroatoms. The maximum absolute atomic E-state index is 13.5. The number of nitrogens with two attached hydrogens (primary N) is 1. The highest BCUT2D eigenvalue weighted by Crippen LogP contribution is 2.37. The fourth-order valence-electron chi connectivity index (χ4n) is 3.52. The lowest BCUT2D eigenvalue weighted by molar-refractivity contribution is -0.384. The summed E-state index contributed by atoms with van der Waals surface area (Å²) >= 11 is 10.8. The van der Waals surface area contributed by atoms with E-state index in [0.29, 0.717) is 48.2 Å². The Labute approximate surface area is 218 Å². The quantitative estimate of drug-likeness (QED) is 0.117. The van der Waals surface area contributed by atoms with Gasteiger partial charge in [-0.1, -0.05) is 52.4 Å². The number of allylic oxidation sites excluding steroid dienone is 1. The SMILES string of the molecule is C/C(ON)=C(\C(=O)N1CCN(c2ccc([N+](=O)[O-])cc2Cl)CC1)C(I)c1ccccc1I. The summed E-state index contributed by atoms with van der Waals surface area (Å²) < 4.78 is 0.830. The van der Waals surface area contributed by atoms with Gasteiger partial charge in [-0.15, -0.1) is 0 Å². The summed E-state index contributed by atoms with van der Waals surface area (Å²) in [4.78, 5) is 32.7. The van der Waals surface area contributed by atoms with Gasteiger partial charge in [0.2, 0.25) is 0 Å². The number of nitro benzene ring substituents is 1. The molecule has 170 valence electrons. The van der Waals surface area contributed by atoms with Crippen molar-refractivity contribution in [2.24, 2.45) is 5.90 Å². The molecule has 1 saturated heterocycles. The second-order valence-electron chi connectivity index (χ2n) is 7.14. The molecular weight excluding hydrogens is 662 g/mol. The number of alkyl halides is 1. The fraction of sp³-hybridized carbons (Fsp3) is 0.286. The van der Waals surface area contributed by atoms with E-state index in [2.05, 4.69) is 45.2 Å². The summed E-state index contributed by atoms with van der Waals surface area (Å²) in [5.41, 5.74) is 2.19. The second kappa shape index (κ2) is 11.0. The minimum Gasteiger partial charge on any atom is -0.416 e. The Morgan fingerprint density at radius 3 is 2.44 bits per heavy atom. The zero-order valence-electron chi connectivity index (χ0n) is 17.1. The predicted octanol–water partition coefficient (Wildman–Crippen LogP) is 4.84. The molecule has 8 nitrogen and oxygen atoms in total. The van der Waals surface area contributed by atoms with Crippen LogP contribution in [0.4, 0.5) is 11.4 Å². The predicted molar refractivity (Wildman–Crippen MR) is 141 cm³/mol. The van der Waals surface area contributed by atoms with Crippen LogP contribution < -0.4 is 10.8 Å². The molecule has 2 aromatic carbocycles. The maximum atomic E-state index is 13.5. The van der Waals surface area contributed by atoms with Crippen molar-refractivity contribution in [2.75, 3.05) is 31.1 Å². The standard InChI is InChI=1S/C21H21ClI2N4O4/c1-13(32-25)19(20(24)15-4-2-3-5-17(15)23)21(29)27-10-8-26(9-11-27)18-7-6-14(28(30)31)12-16(18)22/h2-7,12,20H,8-11,25H2,1H3/b19-13+. The van der Waals surface area contributed by atoms with Gasteiger partial charge in [-0.3, -0.25) is 14.9 Å². The first kappa shape index (κ1) is 25.0. The smallest absolute Gasteiger partial charge is 0.271 e. The van der Waals surface area contributed by atoms with Crippen molar-refractivity contribution in [3.63, 3.8) is 0 Å². The summed E-state index contributed by atoms with van der Waals surface area (Å²) in [6, 6.07) is 12.3. The van der Waals surface area contributed by atoms with Crippen LogP contribution >= 0.6 is 56.8 Å². The van der Waals surface area contributed by atoms with Crippen LogP contribution in [0, 0.1) is 13.7 Å². The van der Waals surface area contributed by atoms with Gasteiger partial charge in [-0.2, -0.15) is 5.90 Å². The molecule has 1 aliphatic rings. The normalized spacial score (nSPS) is 15.8. The lowest BCUT2D eigenvalue weighted by Crippen LogP contribution is -2.49. The highest BCUT2D eigenvalue weighted by molar-refractivity contribution is 14.1. The number of halogens is 3. The summed E-state index contributed by atoms with van der Waals surface area (Å²) in [5.74, 6) is 5.70. The number of rotatable bonds is 6. The molecule has 1 atom stereocenters. The Morgan fingerprint density at radius 2 is 1.88 bits per heavy atom. The van der Waals surface area contributed by atoms with E-state index in [9.17, 15) is 14.9 Å². The number of amides is 1. The average Bonchev–Trinajstić information content (AvgIpc) is 2.79. The molecule has 0 aliphatic carbocycles. The van der Waals surface area contributed by atoms with Crippen LogP contribution in [0.1, 0.15) is 16.4 Å². The van der Waals surface area contributed by atoms with Gasteiger partial charge in [0, 0.05) is 41.9 Å². The number of benzene rings is 2. The Morgan fingerprint density at radius 1 is 1.22 bits per heavy atom. The van der Waals surface area contributed by atoms with Crippen molar-refractivity contribution in [2.45, 2.75) is 10.8 Å². The van der Waals surface area contributed by atoms with Crippen LogP contribution in [-0.4, -0.2) is 41.9 Å². The molecule has 1 amide bonds. The third-order valence-corrected chi connectivity index (χ3v) is 7.85. The lowest BCUT2D eigenvalue weighted by atomic mass is 10.0. The summed E-state index contributed by atoms with van der Waals surface area (Å²) in [7, 11) is 0. The number of hydrogen-bond acceptors (Lipinski definition) is 6. The number of non-ortho nitro benzene ring substituents is 1. The minimum atomic E-state index is -0.476. The number of carbonyl (C=O) groups is 1. The van der Waals surface area contributed by atoms with Crippen LogP contribution in [0.5, 0.6) is 0 Å². The third kappa shape index (κ3) is 5.46. The molecule has 3 rings (SSSR count). The molecule has 0 bridgehead atoms. The molecule has 1 fully saturated rings. The average molecular weight is 683 g/mol. The summed E-state index contributed by atoms with van der Waals surface area (Å²) in [6.07, 6.45) is 0. The summed E-state index contributed by atoms with van der Waals surface area (Å²) in [5, 5.41) is 11.3. The van der Waals surface area contributed by atoms with Crippen molar-refractivity contribution in [3.8, 4) is 0 Å². The number of anilines is 1. The first-order valence-corrected chi connectivity index (χ1v) is 12.4. The zero-order chi connectivity index (χ0) is 23.4. The van der Waals surface area contributed by atoms with Gasteiger partial charge in [-0.05, 0) is 47.2 Å². The fourth-order valence-corrected chi connectivity index (χ4v) is 6.36. The van der Waals surface area contributed by atoms with Crippen LogP contribution in [0.15, 0.2) is 53.8 Å². The van der Waals surface area contributed by atoms with Gasteiger partial charge in [0.05, 0.1) is 25.1 Å². The molecule has 2 aromatic rings. The molecule has 0 spiro atoms. The second-order valence-corrected chi connectivity index (χ2v) is 9.96. The van der Waals surface area contributed by atoms with Crippen LogP contribution in [0.3, 0.4) is 0 Å². The zero-order valence-corrected chi connectivity index (χ0v) is 22.2. The molecule has 0 aromatic heterocycles. The van der Waals surface area contributed by atoms with Gasteiger partial charge in [-0.25, -0.2) is 0 Å². The minimum absolute atomic E-state index is 0.0526. The highest BCUT2D eigenvalue weighted by atomic mass is 127. The van der Waals surface area contributed by atoms with Gasteiger partial charge in [0.15, 0.2) is 0 Å². The van der Waals surface area contributed by atoms with E-state index in [-0.39, 0.29) is 15.5 Å². The Hall–Kier alpha value is -1.64. The number of nitro groups is 1. The van der Waals surface area contributed by atoms with E-state index in [1.165, 1.54) is 12.1 Å². The van der Waals surface area contributed by atoms with Crippen molar-refractivity contribution in [1.82, 2.24) is 4.90 Å². The molecule has 1 unspecified atom stereocenters. The van der Waals surface area contributed by atoms with E-state index >= 15 is 0 Å². The molecule has 2 N–H and O–H groups in total. The topological polar surface area (TPSA) is 102 Å². The van der Waals surface area contributed by atoms with E-state index in [1.54, 1.807) is 17.9 Å². The lowest BCUT2D eigenvalue weighted by Gasteiger charge is -2.37. The summed E-state index contributed by atoms with van der Waals surface area (Å²) in [6.45, 7) is 3.74. The first-order valence-electron chi connectivity index (χ1n) is 9.68. The van der Waals surface area contributed by atoms with E-state index < -0.39 is 4.92 Å². The van der Waals surface area contributed by atoms with E-state index in [0.717, 1.165) is 9.13 Å². The molecular formula is C21H21ClI2N4O4. The molecule has 0 radical (unpaired) electrons. The Bertz CT molecular complexity index is 1060. The van der Waals surface area contributed by atoms with Crippen LogP contribution in [-0.2, 0) is 9.63 Å². The van der Waals surface area contributed by atoms with Crippen molar-refractivity contribution < 1.29 is 14.6 Å². The third-order valence-electron chi connectivity index (χ3n) is 5.27. The highest BCUT2D eigenvalue weighted by Gasteiger charge is 2.31. The van der Waals surface area contributed by atoms with E-state index in [1.807, 2.05) is 29.2 Å². The largest absolute Gasteiger partial charge is 0.416 e. The Kier molecular flexibility index (Phi) is 8.58. The van der Waals surface area contributed by atoms with Crippen molar-refractivity contribution in [3.05, 3.63) is 78.1 Å². The number of hydrogen-bond donors (Lipinski definition) is 1. The van der Waals surface area contributed by atoms with Gasteiger partial charge >= 0.3 is 0 Å². The van der Waals surface area contributed by atoms with E-state index in [4.69, 9.17) is 22.3 Å². The van der Waals surface area contributed by atoms with Gasteiger partial charge in [0.1, 0.15) is 5.76 Å². The Balaban J connectivity index is 1.77. The molecule has 1 aliphatic heterocycles. The number of piperazine rings is 1. The molecule has 0 saturated carbocycles. The van der Waals surface area contributed by atoms with Crippen LogP contribution in [0.25, 0.3) is 0 Å². The first-order chi connectivity index (χ1) is 15.2. The monoisotopic (exact) mass is 682 g/mol. The van der Waals surface area contributed by atoms with Crippen LogP contribution in [0.2, 0.25) is 5.02 Å². The van der Waals surface area contributed by atoms with Gasteiger partial charge < -0.3 is 14.6 Å². The van der Waals surface area contributed by atoms with Crippen molar-refractivity contribution in [1.29, 1.82) is 0 Å².